The Morgan fingerprint density at radius 3 is 2.73 bits per heavy atom. The van der Waals surface area contributed by atoms with Crippen LogP contribution in [-0.4, -0.2) is 30.8 Å². The molecule has 3 aromatic heterocycles. The molecule has 0 spiro atoms. The zero-order valence-electron chi connectivity index (χ0n) is 17.9. The number of aryl methyl sites for hydroxylation is 2. The van der Waals surface area contributed by atoms with Gasteiger partial charge in [-0.3, -0.25) is 13.9 Å². The molecule has 0 unspecified atom stereocenters. The summed E-state index contributed by atoms with van der Waals surface area (Å²) in [6.45, 7) is 2.12. The smallest absolute Gasteiger partial charge is 0.277 e. The van der Waals surface area contributed by atoms with Crippen molar-refractivity contribution in [2.45, 2.75) is 31.8 Å². The van der Waals surface area contributed by atoms with Gasteiger partial charge in [0, 0.05) is 43.1 Å². The third-order valence-corrected chi connectivity index (χ3v) is 6.37. The SMILES string of the molecule is Cc1nc2c(-c3ccc(F)c(F)c3)nc([C@@H]3CCO[C@@H](c4cnn(C)c4)C3)cn2c(=O)c1Cl. The molecule has 2 atom stereocenters. The number of benzene rings is 1. The lowest BCUT2D eigenvalue weighted by atomic mass is 9.90. The van der Waals surface area contributed by atoms with E-state index in [-0.39, 0.29) is 28.4 Å². The van der Waals surface area contributed by atoms with Gasteiger partial charge in [0.2, 0.25) is 0 Å². The van der Waals surface area contributed by atoms with Gasteiger partial charge in [0.05, 0.1) is 23.7 Å². The molecule has 0 N–H and O–H groups in total. The first kappa shape index (κ1) is 21.7. The monoisotopic (exact) mass is 471 g/mol. The minimum atomic E-state index is -1.01. The second kappa shape index (κ2) is 8.31. The van der Waals surface area contributed by atoms with E-state index in [0.717, 1.165) is 17.7 Å². The molecule has 170 valence electrons. The number of aromatic nitrogens is 5. The molecule has 10 heteroatoms. The Morgan fingerprint density at radius 1 is 1.18 bits per heavy atom. The Hall–Kier alpha value is -3.17. The van der Waals surface area contributed by atoms with Crippen LogP contribution in [0.5, 0.6) is 0 Å². The molecule has 0 aliphatic carbocycles. The average Bonchev–Trinajstić information content (AvgIpc) is 3.25. The quantitative estimate of drug-likeness (QED) is 0.443. The highest BCUT2D eigenvalue weighted by Crippen LogP contribution is 2.37. The van der Waals surface area contributed by atoms with Gasteiger partial charge in [-0.05, 0) is 38.0 Å². The van der Waals surface area contributed by atoms with Crippen LogP contribution < -0.4 is 5.56 Å². The molecule has 5 rings (SSSR count). The van der Waals surface area contributed by atoms with Gasteiger partial charge in [0.15, 0.2) is 17.3 Å². The zero-order chi connectivity index (χ0) is 23.3. The fourth-order valence-corrected chi connectivity index (χ4v) is 4.32. The molecule has 0 radical (unpaired) electrons. The van der Waals surface area contributed by atoms with E-state index in [4.69, 9.17) is 21.3 Å². The van der Waals surface area contributed by atoms with Crippen LogP contribution in [0.15, 0.2) is 41.6 Å². The number of rotatable bonds is 3. The maximum absolute atomic E-state index is 14.0. The Morgan fingerprint density at radius 2 is 2.00 bits per heavy atom. The first-order chi connectivity index (χ1) is 15.8. The summed E-state index contributed by atoms with van der Waals surface area (Å²) in [4.78, 5) is 22.2. The van der Waals surface area contributed by atoms with Crippen LogP contribution in [0, 0.1) is 18.6 Å². The van der Waals surface area contributed by atoms with Crippen LogP contribution in [0.25, 0.3) is 16.9 Å². The van der Waals surface area contributed by atoms with Gasteiger partial charge < -0.3 is 4.74 Å². The molecule has 33 heavy (non-hydrogen) atoms. The third kappa shape index (κ3) is 3.91. The second-order valence-corrected chi connectivity index (χ2v) is 8.56. The molecule has 1 aliphatic rings. The van der Waals surface area contributed by atoms with Gasteiger partial charge in [-0.1, -0.05) is 11.6 Å². The van der Waals surface area contributed by atoms with Gasteiger partial charge in [-0.25, -0.2) is 18.7 Å². The van der Waals surface area contributed by atoms with E-state index >= 15 is 0 Å². The Balaban J connectivity index is 1.66. The molecule has 7 nitrogen and oxygen atoms in total. The first-order valence-electron chi connectivity index (χ1n) is 10.5. The molecule has 1 saturated heterocycles. The summed E-state index contributed by atoms with van der Waals surface area (Å²) < 4.78 is 36.6. The average molecular weight is 472 g/mol. The lowest BCUT2D eigenvalue weighted by molar-refractivity contribution is 0.00455. The van der Waals surface area contributed by atoms with Crippen LogP contribution in [0.2, 0.25) is 5.02 Å². The lowest BCUT2D eigenvalue weighted by Crippen LogP contribution is -2.23. The highest BCUT2D eigenvalue weighted by atomic mass is 35.5. The Bertz CT molecular complexity index is 1430. The fourth-order valence-electron chi connectivity index (χ4n) is 4.18. The molecular weight excluding hydrogens is 452 g/mol. The van der Waals surface area contributed by atoms with E-state index in [1.807, 2.05) is 13.2 Å². The zero-order valence-corrected chi connectivity index (χ0v) is 18.7. The van der Waals surface area contributed by atoms with Crippen molar-refractivity contribution in [1.82, 2.24) is 24.1 Å². The van der Waals surface area contributed by atoms with Crippen molar-refractivity contribution >= 4 is 17.2 Å². The highest BCUT2D eigenvalue weighted by molar-refractivity contribution is 6.31. The van der Waals surface area contributed by atoms with E-state index in [1.165, 1.54) is 10.5 Å². The minimum absolute atomic E-state index is 0.00102. The minimum Gasteiger partial charge on any atom is -0.373 e. The summed E-state index contributed by atoms with van der Waals surface area (Å²) in [5.41, 5.74) is 2.31. The van der Waals surface area contributed by atoms with Crippen molar-refractivity contribution in [1.29, 1.82) is 0 Å². The summed E-state index contributed by atoms with van der Waals surface area (Å²) in [6, 6.07) is 3.51. The van der Waals surface area contributed by atoms with Crippen LogP contribution in [-0.2, 0) is 11.8 Å². The maximum Gasteiger partial charge on any atom is 0.277 e. The van der Waals surface area contributed by atoms with Crippen LogP contribution in [0.3, 0.4) is 0 Å². The summed E-state index contributed by atoms with van der Waals surface area (Å²) in [5.74, 6) is -2.01. The number of nitrogens with zero attached hydrogens (tertiary/aromatic N) is 5. The number of hydrogen-bond donors (Lipinski definition) is 0. The first-order valence-corrected chi connectivity index (χ1v) is 10.8. The topological polar surface area (TPSA) is 74.3 Å². The second-order valence-electron chi connectivity index (χ2n) is 8.18. The van der Waals surface area contributed by atoms with Crippen LogP contribution in [0.1, 0.15) is 41.8 Å². The lowest BCUT2D eigenvalue weighted by Gasteiger charge is -2.29. The standard InChI is InChI=1S/C23H20ClF2N5O2/c1-12-20(24)23(32)31-11-18(13-5-6-33-19(8-13)15-9-27-30(2)10-15)29-21(22(31)28-12)14-3-4-16(25)17(26)7-14/h3-4,7,9-11,13,19H,5-6,8H2,1-2H3/t13-,19-/m1/s1. The van der Waals surface area contributed by atoms with Crippen molar-refractivity contribution in [2.24, 2.45) is 7.05 Å². The molecule has 4 aromatic rings. The van der Waals surface area contributed by atoms with E-state index in [2.05, 4.69) is 10.1 Å². The normalized spacial score (nSPS) is 18.7. The molecule has 0 bridgehead atoms. The van der Waals surface area contributed by atoms with Crippen LogP contribution >= 0.6 is 11.6 Å². The van der Waals surface area contributed by atoms with Crippen molar-refractivity contribution in [3.8, 4) is 11.3 Å². The van der Waals surface area contributed by atoms with Gasteiger partial charge in [-0.15, -0.1) is 0 Å². The maximum atomic E-state index is 14.0. The largest absolute Gasteiger partial charge is 0.373 e. The van der Waals surface area contributed by atoms with Crippen LogP contribution in [0.4, 0.5) is 8.78 Å². The van der Waals surface area contributed by atoms with Gasteiger partial charge >= 0.3 is 0 Å². The number of halogens is 3. The molecule has 1 aliphatic heterocycles. The van der Waals surface area contributed by atoms with Crippen molar-refractivity contribution in [3.63, 3.8) is 0 Å². The Kier molecular flexibility index (Phi) is 5.46. The number of ether oxygens (including phenoxy) is 1. The van der Waals surface area contributed by atoms with Gasteiger partial charge in [0.25, 0.3) is 5.56 Å². The molecule has 4 heterocycles. The predicted octanol–water partition coefficient (Wildman–Crippen LogP) is 4.37. The highest BCUT2D eigenvalue weighted by Gasteiger charge is 2.28. The molecule has 1 fully saturated rings. The van der Waals surface area contributed by atoms with Crippen molar-refractivity contribution < 1.29 is 13.5 Å². The van der Waals surface area contributed by atoms with Crippen molar-refractivity contribution in [3.05, 3.63) is 80.8 Å². The molecule has 0 amide bonds. The van der Waals surface area contributed by atoms with E-state index in [0.29, 0.717) is 36.4 Å². The summed E-state index contributed by atoms with van der Waals surface area (Å²) in [5, 5.41) is 4.22. The molecule has 1 aromatic carbocycles. The van der Waals surface area contributed by atoms with E-state index in [9.17, 15) is 13.6 Å². The predicted molar refractivity (Wildman–Crippen MR) is 118 cm³/mol. The summed E-state index contributed by atoms with van der Waals surface area (Å²) in [6.07, 6.45) is 6.46. The molecule has 0 saturated carbocycles. The van der Waals surface area contributed by atoms with Gasteiger partial charge in [-0.2, -0.15) is 5.10 Å². The van der Waals surface area contributed by atoms with E-state index in [1.54, 1.807) is 24.0 Å². The fraction of sp³-hybridized carbons (Fsp3) is 0.304. The third-order valence-electron chi connectivity index (χ3n) is 5.93. The summed E-state index contributed by atoms with van der Waals surface area (Å²) >= 11 is 6.19. The number of hydrogen-bond acceptors (Lipinski definition) is 5. The van der Waals surface area contributed by atoms with Crippen molar-refractivity contribution in [2.75, 3.05) is 6.61 Å². The number of fused-ring (bicyclic) bond motifs is 1. The Labute approximate surface area is 192 Å². The van der Waals surface area contributed by atoms with Gasteiger partial charge in [0.1, 0.15) is 10.7 Å². The molecular formula is C23H20ClF2N5O2. The summed E-state index contributed by atoms with van der Waals surface area (Å²) in [7, 11) is 1.84. The van der Waals surface area contributed by atoms with E-state index < -0.39 is 17.2 Å².